The Kier molecular flexibility index (Phi) is 6.64. The lowest BCUT2D eigenvalue weighted by Crippen LogP contribution is -2.42. The number of hydrogen-bond donors (Lipinski definition) is 0. The van der Waals surface area contributed by atoms with Gasteiger partial charge in [0.1, 0.15) is 30.0 Å². The molecule has 0 spiro atoms. The number of rotatable bonds is 7. The van der Waals surface area contributed by atoms with Crippen molar-refractivity contribution >= 4 is 17.2 Å². The lowest BCUT2D eigenvalue weighted by molar-refractivity contribution is -0.132. The van der Waals surface area contributed by atoms with Crippen molar-refractivity contribution < 1.29 is 18.7 Å². The van der Waals surface area contributed by atoms with Gasteiger partial charge in [-0.15, -0.1) is 11.3 Å². The summed E-state index contributed by atoms with van der Waals surface area (Å²) in [5, 5.41) is 2.00. The highest BCUT2D eigenvalue weighted by Crippen LogP contribution is 2.23. The Hall–Kier alpha value is -2.86. The number of thiophene rings is 1. The van der Waals surface area contributed by atoms with E-state index in [1.807, 2.05) is 52.7 Å². The third-order valence-electron chi connectivity index (χ3n) is 5.12. The van der Waals surface area contributed by atoms with Crippen LogP contribution < -0.4 is 9.47 Å². The lowest BCUT2D eigenvalue weighted by atomic mass is 10.1. The molecule has 3 aromatic rings. The summed E-state index contributed by atoms with van der Waals surface area (Å²) in [5.41, 5.74) is 0.788. The van der Waals surface area contributed by atoms with Crippen LogP contribution in [0.2, 0.25) is 0 Å². The van der Waals surface area contributed by atoms with Crippen molar-refractivity contribution in [1.29, 1.82) is 0 Å². The predicted molar refractivity (Wildman–Crippen MR) is 115 cm³/mol. The Bertz CT molecular complexity index is 951. The summed E-state index contributed by atoms with van der Waals surface area (Å²) in [6.45, 7) is 1.77. The predicted octanol–water partition coefficient (Wildman–Crippen LogP) is 5.08. The van der Waals surface area contributed by atoms with Crippen LogP contribution in [0, 0.1) is 5.82 Å². The summed E-state index contributed by atoms with van der Waals surface area (Å²) in [7, 11) is 0. The van der Waals surface area contributed by atoms with E-state index in [9.17, 15) is 9.18 Å². The highest BCUT2D eigenvalue weighted by molar-refractivity contribution is 7.10. The van der Waals surface area contributed by atoms with E-state index in [1.54, 1.807) is 17.4 Å². The molecule has 4 rings (SSSR count). The number of carbonyl (C=O) groups is 1. The van der Waals surface area contributed by atoms with Crippen LogP contribution in [0.15, 0.2) is 66.0 Å². The summed E-state index contributed by atoms with van der Waals surface area (Å²) in [5.74, 6) is 1.42. The van der Waals surface area contributed by atoms with E-state index in [2.05, 4.69) is 0 Å². The van der Waals surface area contributed by atoms with Crippen molar-refractivity contribution in [2.24, 2.45) is 0 Å². The van der Waals surface area contributed by atoms with E-state index in [0.717, 1.165) is 42.1 Å². The van der Waals surface area contributed by atoms with Gasteiger partial charge in [-0.3, -0.25) is 4.79 Å². The fourth-order valence-electron chi connectivity index (χ4n) is 3.50. The van der Waals surface area contributed by atoms with Gasteiger partial charge in [0.15, 0.2) is 0 Å². The number of likely N-dealkylation sites (tertiary alicyclic amines) is 1. The zero-order valence-corrected chi connectivity index (χ0v) is 17.4. The van der Waals surface area contributed by atoms with Crippen molar-refractivity contribution in [3.63, 3.8) is 0 Å². The average Bonchev–Trinajstić information content (AvgIpc) is 3.27. The summed E-state index contributed by atoms with van der Waals surface area (Å²) in [4.78, 5) is 15.5. The van der Waals surface area contributed by atoms with E-state index >= 15 is 0 Å². The number of nitrogens with zero attached hydrogens (tertiary/aromatic N) is 1. The highest BCUT2D eigenvalue weighted by atomic mass is 32.1. The van der Waals surface area contributed by atoms with Crippen LogP contribution in [0.5, 0.6) is 11.5 Å². The molecule has 0 radical (unpaired) electrons. The maximum atomic E-state index is 13.2. The van der Waals surface area contributed by atoms with Gasteiger partial charge in [0.05, 0.1) is 6.42 Å². The number of ether oxygens (including phenoxy) is 2. The van der Waals surface area contributed by atoms with Crippen molar-refractivity contribution in [2.45, 2.75) is 32.0 Å². The molecule has 0 aliphatic carbocycles. The van der Waals surface area contributed by atoms with E-state index in [-0.39, 0.29) is 17.8 Å². The minimum absolute atomic E-state index is 0.106. The molecule has 0 bridgehead atoms. The monoisotopic (exact) mass is 425 g/mol. The first kappa shape index (κ1) is 20.4. The molecule has 6 heteroatoms. The van der Waals surface area contributed by atoms with Gasteiger partial charge < -0.3 is 14.4 Å². The maximum absolute atomic E-state index is 13.2. The molecule has 1 aromatic heterocycles. The SMILES string of the molecule is O=C(Cc1cccs1)N1CCC(Oc2ccc(OCc3cccc(F)c3)cc2)CC1. The first-order chi connectivity index (χ1) is 14.7. The van der Waals surface area contributed by atoms with Gasteiger partial charge in [-0.25, -0.2) is 4.39 Å². The third kappa shape index (κ3) is 5.60. The van der Waals surface area contributed by atoms with Gasteiger partial charge in [-0.2, -0.15) is 0 Å². The maximum Gasteiger partial charge on any atom is 0.227 e. The van der Waals surface area contributed by atoms with Crippen LogP contribution in [-0.4, -0.2) is 30.0 Å². The van der Waals surface area contributed by atoms with Gasteiger partial charge in [-0.05, 0) is 53.4 Å². The summed E-state index contributed by atoms with van der Waals surface area (Å²) in [6, 6.07) is 17.8. The van der Waals surface area contributed by atoms with Crippen LogP contribution in [0.1, 0.15) is 23.3 Å². The Labute approximate surface area is 179 Å². The summed E-state index contributed by atoms with van der Waals surface area (Å²) < 4.78 is 25.0. The Morgan fingerprint density at radius 3 is 2.50 bits per heavy atom. The molecule has 0 unspecified atom stereocenters. The molecule has 0 atom stereocenters. The second kappa shape index (κ2) is 9.76. The van der Waals surface area contributed by atoms with Gasteiger partial charge in [0, 0.05) is 30.8 Å². The number of carbonyl (C=O) groups excluding carboxylic acids is 1. The van der Waals surface area contributed by atoms with E-state index in [1.165, 1.54) is 12.1 Å². The second-order valence-corrected chi connectivity index (χ2v) is 8.38. The van der Waals surface area contributed by atoms with Crippen LogP contribution in [0.25, 0.3) is 0 Å². The third-order valence-corrected chi connectivity index (χ3v) is 6.00. The number of piperidine rings is 1. The molecule has 30 heavy (non-hydrogen) atoms. The number of amides is 1. The molecule has 4 nitrogen and oxygen atoms in total. The zero-order chi connectivity index (χ0) is 20.8. The molecule has 0 N–H and O–H groups in total. The van der Waals surface area contributed by atoms with Gasteiger partial charge in [0.25, 0.3) is 0 Å². The van der Waals surface area contributed by atoms with E-state index < -0.39 is 0 Å². The fourth-order valence-corrected chi connectivity index (χ4v) is 4.19. The molecule has 1 saturated heterocycles. The minimum atomic E-state index is -0.265. The molecule has 2 heterocycles. The molecular formula is C24H24FNO3S. The van der Waals surface area contributed by atoms with Crippen LogP contribution >= 0.6 is 11.3 Å². The van der Waals surface area contributed by atoms with Crippen molar-refractivity contribution in [2.75, 3.05) is 13.1 Å². The molecule has 1 aliphatic heterocycles. The molecular weight excluding hydrogens is 401 g/mol. The number of benzene rings is 2. The number of hydrogen-bond acceptors (Lipinski definition) is 4. The smallest absolute Gasteiger partial charge is 0.227 e. The normalized spacial score (nSPS) is 14.5. The quantitative estimate of drug-likeness (QED) is 0.530. The Morgan fingerprint density at radius 1 is 1.03 bits per heavy atom. The molecule has 2 aromatic carbocycles. The molecule has 1 aliphatic rings. The summed E-state index contributed by atoms with van der Waals surface area (Å²) >= 11 is 1.62. The van der Waals surface area contributed by atoms with E-state index in [4.69, 9.17) is 9.47 Å². The highest BCUT2D eigenvalue weighted by Gasteiger charge is 2.24. The van der Waals surface area contributed by atoms with E-state index in [0.29, 0.717) is 18.8 Å². The van der Waals surface area contributed by atoms with Crippen LogP contribution in [0.3, 0.4) is 0 Å². The summed E-state index contributed by atoms with van der Waals surface area (Å²) in [6.07, 6.45) is 2.25. The molecule has 1 amide bonds. The molecule has 156 valence electrons. The molecule has 0 saturated carbocycles. The van der Waals surface area contributed by atoms with Gasteiger partial charge in [-0.1, -0.05) is 18.2 Å². The topological polar surface area (TPSA) is 38.8 Å². The van der Waals surface area contributed by atoms with Crippen molar-refractivity contribution in [3.8, 4) is 11.5 Å². The molecule has 1 fully saturated rings. The van der Waals surface area contributed by atoms with Crippen LogP contribution in [-0.2, 0) is 17.8 Å². The number of halogens is 1. The second-order valence-electron chi connectivity index (χ2n) is 7.34. The first-order valence-electron chi connectivity index (χ1n) is 10.1. The van der Waals surface area contributed by atoms with Crippen molar-refractivity contribution in [3.05, 3.63) is 82.3 Å². The first-order valence-corrected chi connectivity index (χ1v) is 11.0. The minimum Gasteiger partial charge on any atom is -0.490 e. The van der Waals surface area contributed by atoms with Gasteiger partial charge >= 0.3 is 0 Å². The van der Waals surface area contributed by atoms with Crippen molar-refractivity contribution in [1.82, 2.24) is 4.90 Å². The zero-order valence-electron chi connectivity index (χ0n) is 16.6. The standard InChI is InChI=1S/C24H24FNO3S/c25-19-4-1-3-18(15-19)17-28-20-6-8-21(9-7-20)29-22-10-12-26(13-11-22)24(27)16-23-5-2-14-30-23/h1-9,14-15,22H,10-13,16-17H2. The Balaban J connectivity index is 1.22. The van der Waals surface area contributed by atoms with Crippen LogP contribution in [0.4, 0.5) is 4.39 Å². The largest absolute Gasteiger partial charge is 0.490 e. The average molecular weight is 426 g/mol. The lowest BCUT2D eigenvalue weighted by Gasteiger charge is -2.32. The fraction of sp³-hybridized carbons (Fsp3) is 0.292. The Morgan fingerprint density at radius 2 is 1.80 bits per heavy atom. The van der Waals surface area contributed by atoms with Gasteiger partial charge in [0.2, 0.25) is 5.91 Å².